The molecule has 0 N–H and O–H groups in total. The molecule has 0 bridgehead atoms. The minimum Gasteiger partial charge on any atom is -0.339 e. The molecule has 16 heavy (non-hydrogen) atoms. The van der Waals surface area contributed by atoms with Crippen LogP contribution >= 0.6 is 0 Å². The van der Waals surface area contributed by atoms with E-state index in [-0.39, 0.29) is 0 Å². The summed E-state index contributed by atoms with van der Waals surface area (Å²) in [7, 11) is 0. The highest BCUT2D eigenvalue weighted by Gasteiger charge is 2.30. The summed E-state index contributed by atoms with van der Waals surface area (Å²) in [5, 5.41) is 0. The maximum Gasteiger partial charge on any atom is 0.227 e. The molecule has 1 aromatic carbocycles. The summed E-state index contributed by atoms with van der Waals surface area (Å²) < 4.78 is 0. The number of carbonyl (C=O) groups excluding carboxylic acids is 1. The van der Waals surface area contributed by atoms with E-state index in [0.29, 0.717) is 18.4 Å². The van der Waals surface area contributed by atoms with Gasteiger partial charge in [-0.05, 0) is 36.8 Å². The van der Waals surface area contributed by atoms with E-state index in [1.165, 1.54) is 30.4 Å². The van der Waals surface area contributed by atoms with Crippen LogP contribution in [0, 0.1) is 0 Å². The van der Waals surface area contributed by atoms with Crippen LogP contribution in [0.4, 0.5) is 0 Å². The largest absolute Gasteiger partial charge is 0.339 e. The number of hydrogen-bond donors (Lipinski definition) is 0. The molecule has 0 spiro atoms. The fourth-order valence-electron chi connectivity index (χ4n) is 2.99. The molecule has 2 heterocycles. The van der Waals surface area contributed by atoms with E-state index in [1.54, 1.807) is 0 Å². The highest BCUT2D eigenvalue weighted by Crippen LogP contribution is 2.26. The van der Waals surface area contributed by atoms with E-state index in [9.17, 15) is 4.79 Å². The molecule has 0 aliphatic carbocycles. The first-order chi connectivity index (χ1) is 7.84. The topological polar surface area (TPSA) is 20.3 Å². The van der Waals surface area contributed by atoms with Crippen LogP contribution in [0.1, 0.15) is 30.4 Å². The highest BCUT2D eigenvalue weighted by atomic mass is 16.2. The molecule has 1 aromatic rings. The third-order valence-corrected chi connectivity index (χ3v) is 3.86. The molecule has 2 nitrogen and oxygen atoms in total. The Kier molecular flexibility index (Phi) is 2.43. The average molecular weight is 215 g/mol. The standard InChI is InChI=1S/C14H17NO/c16-14-10-12-6-2-1-5-11(12)9-13-7-3-4-8-15(13)14/h1-2,5-6,13H,3-4,7-10H2. The van der Waals surface area contributed by atoms with Crippen LogP contribution in [0.5, 0.6) is 0 Å². The Morgan fingerprint density at radius 3 is 2.81 bits per heavy atom. The Hall–Kier alpha value is -1.31. The quantitative estimate of drug-likeness (QED) is 0.649. The highest BCUT2D eigenvalue weighted by molar-refractivity contribution is 5.80. The van der Waals surface area contributed by atoms with Crippen molar-refractivity contribution in [3.8, 4) is 0 Å². The monoisotopic (exact) mass is 215 g/mol. The number of amides is 1. The molecule has 1 unspecified atom stereocenters. The normalized spacial score (nSPS) is 24.6. The molecular weight excluding hydrogens is 198 g/mol. The van der Waals surface area contributed by atoms with Crippen LogP contribution in [0.15, 0.2) is 24.3 Å². The fraction of sp³-hybridized carbons (Fsp3) is 0.500. The smallest absolute Gasteiger partial charge is 0.227 e. The molecule has 1 atom stereocenters. The zero-order valence-electron chi connectivity index (χ0n) is 9.48. The Morgan fingerprint density at radius 1 is 1.12 bits per heavy atom. The van der Waals surface area contributed by atoms with Gasteiger partial charge in [-0.1, -0.05) is 24.3 Å². The van der Waals surface area contributed by atoms with Gasteiger partial charge in [-0.15, -0.1) is 0 Å². The van der Waals surface area contributed by atoms with Crippen molar-refractivity contribution in [2.24, 2.45) is 0 Å². The third kappa shape index (κ3) is 1.62. The van der Waals surface area contributed by atoms with Gasteiger partial charge in [0.2, 0.25) is 5.91 Å². The number of benzene rings is 1. The van der Waals surface area contributed by atoms with Gasteiger partial charge in [0.05, 0.1) is 6.42 Å². The van der Waals surface area contributed by atoms with Gasteiger partial charge >= 0.3 is 0 Å². The molecule has 2 aliphatic rings. The predicted molar refractivity (Wildman–Crippen MR) is 63.2 cm³/mol. The lowest BCUT2D eigenvalue weighted by molar-refractivity contribution is -0.133. The molecule has 1 amide bonds. The Balaban J connectivity index is 1.96. The molecule has 1 saturated heterocycles. The van der Waals surface area contributed by atoms with E-state index in [1.807, 2.05) is 6.07 Å². The van der Waals surface area contributed by atoms with Gasteiger partial charge < -0.3 is 4.90 Å². The molecule has 1 fully saturated rings. The van der Waals surface area contributed by atoms with Crippen molar-refractivity contribution in [3.63, 3.8) is 0 Å². The minimum absolute atomic E-state index is 0.328. The second-order valence-corrected chi connectivity index (χ2v) is 4.89. The Morgan fingerprint density at radius 2 is 1.94 bits per heavy atom. The van der Waals surface area contributed by atoms with E-state index >= 15 is 0 Å². The average Bonchev–Trinajstić information content (AvgIpc) is 2.45. The fourth-order valence-corrected chi connectivity index (χ4v) is 2.99. The summed E-state index contributed by atoms with van der Waals surface area (Å²) in [5.74, 6) is 0.328. The van der Waals surface area contributed by atoms with E-state index in [4.69, 9.17) is 0 Å². The van der Waals surface area contributed by atoms with Crippen LogP contribution in [0.2, 0.25) is 0 Å². The predicted octanol–water partition coefficient (Wildman–Crippen LogP) is 2.17. The Bertz CT molecular complexity index is 413. The summed E-state index contributed by atoms with van der Waals surface area (Å²) in [6.45, 7) is 0.970. The molecule has 2 heteroatoms. The molecular formula is C14H17NO. The van der Waals surface area contributed by atoms with Crippen LogP contribution in [-0.4, -0.2) is 23.4 Å². The first kappa shape index (κ1) is 9.88. The summed E-state index contributed by atoms with van der Waals surface area (Å²) in [6.07, 6.45) is 5.30. The van der Waals surface area contributed by atoms with Crippen molar-refractivity contribution in [2.45, 2.75) is 38.1 Å². The third-order valence-electron chi connectivity index (χ3n) is 3.86. The summed E-state index contributed by atoms with van der Waals surface area (Å²) in [6, 6.07) is 8.87. The SMILES string of the molecule is O=C1Cc2ccccc2CC2CCCCN12. The van der Waals surface area contributed by atoms with Crippen molar-refractivity contribution < 1.29 is 4.79 Å². The zero-order chi connectivity index (χ0) is 11.0. The summed E-state index contributed by atoms with van der Waals surface area (Å²) >= 11 is 0. The van der Waals surface area contributed by atoms with E-state index < -0.39 is 0 Å². The van der Waals surface area contributed by atoms with Gasteiger partial charge in [0.25, 0.3) is 0 Å². The maximum absolute atomic E-state index is 12.1. The lowest BCUT2D eigenvalue weighted by atomic mass is 9.95. The summed E-state index contributed by atoms with van der Waals surface area (Å²) in [5.41, 5.74) is 2.62. The van der Waals surface area contributed by atoms with E-state index in [2.05, 4.69) is 23.1 Å². The van der Waals surface area contributed by atoms with Crippen LogP contribution in [0.3, 0.4) is 0 Å². The van der Waals surface area contributed by atoms with Crippen molar-refractivity contribution in [1.82, 2.24) is 4.90 Å². The number of rotatable bonds is 0. The Labute approximate surface area is 96.3 Å². The second kappa shape index (κ2) is 3.93. The molecule has 0 radical (unpaired) electrons. The minimum atomic E-state index is 0.328. The summed E-state index contributed by atoms with van der Waals surface area (Å²) in [4.78, 5) is 14.3. The van der Waals surface area contributed by atoms with Gasteiger partial charge in [0.1, 0.15) is 0 Å². The molecule has 84 valence electrons. The molecule has 3 rings (SSSR count). The van der Waals surface area contributed by atoms with E-state index in [0.717, 1.165) is 13.0 Å². The van der Waals surface area contributed by atoms with Gasteiger partial charge in [0, 0.05) is 12.6 Å². The molecule has 2 aliphatic heterocycles. The number of piperidine rings is 1. The molecule has 0 aromatic heterocycles. The van der Waals surface area contributed by atoms with Gasteiger partial charge in [-0.25, -0.2) is 0 Å². The number of carbonyl (C=O) groups is 1. The number of fused-ring (bicyclic) bond motifs is 2. The van der Waals surface area contributed by atoms with Crippen molar-refractivity contribution >= 4 is 5.91 Å². The first-order valence-corrected chi connectivity index (χ1v) is 6.21. The zero-order valence-corrected chi connectivity index (χ0v) is 9.48. The van der Waals surface area contributed by atoms with Crippen LogP contribution < -0.4 is 0 Å². The number of hydrogen-bond acceptors (Lipinski definition) is 1. The second-order valence-electron chi connectivity index (χ2n) is 4.89. The van der Waals surface area contributed by atoms with Crippen molar-refractivity contribution in [3.05, 3.63) is 35.4 Å². The van der Waals surface area contributed by atoms with Crippen molar-refractivity contribution in [2.75, 3.05) is 6.54 Å². The lowest BCUT2D eigenvalue weighted by Gasteiger charge is -2.34. The van der Waals surface area contributed by atoms with Gasteiger partial charge in [0.15, 0.2) is 0 Å². The van der Waals surface area contributed by atoms with Crippen LogP contribution in [0.25, 0.3) is 0 Å². The lowest BCUT2D eigenvalue weighted by Crippen LogP contribution is -2.44. The van der Waals surface area contributed by atoms with Gasteiger partial charge in [-0.3, -0.25) is 4.79 Å². The number of nitrogens with zero attached hydrogens (tertiary/aromatic N) is 1. The van der Waals surface area contributed by atoms with Gasteiger partial charge in [-0.2, -0.15) is 0 Å². The van der Waals surface area contributed by atoms with Crippen molar-refractivity contribution in [1.29, 1.82) is 0 Å². The maximum atomic E-state index is 12.1. The van der Waals surface area contributed by atoms with Crippen LogP contribution in [-0.2, 0) is 17.6 Å². The first-order valence-electron chi connectivity index (χ1n) is 6.21. The molecule has 0 saturated carbocycles.